The number of allylic oxidation sites excluding steroid dienone is 2. The summed E-state index contributed by atoms with van der Waals surface area (Å²) in [5, 5.41) is 0. The molecule has 0 fully saturated rings. The zero-order valence-corrected chi connectivity index (χ0v) is 9.00. The third-order valence-corrected chi connectivity index (χ3v) is 2.24. The highest BCUT2D eigenvalue weighted by atomic mass is 13.9. The summed E-state index contributed by atoms with van der Waals surface area (Å²) in [6, 6.07) is 11.4. The van der Waals surface area contributed by atoms with Crippen LogP contribution in [-0.4, -0.2) is 0 Å². The van der Waals surface area contributed by atoms with Crippen LogP contribution >= 0.6 is 0 Å². The van der Waals surface area contributed by atoms with Crippen LogP contribution in [0.25, 0.3) is 0 Å². The van der Waals surface area contributed by atoms with Crippen molar-refractivity contribution in [1.29, 1.82) is 0 Å². The van der Waals surface area contributed by atoms with Crippen molar-refractivity contribution in [2.24, 2.45) is 0 Å². The lowest BCUT2D eigenvalue weighted by Crippen LogP contribution is -1.81. The average molecular weight is 187 g/mol. The molecular weight excluding hydrogens is 168 g/mol. The van der Waals surface area contributed by atoms with Gasteiger partial charge < -0.3 is 0 Å². The molecule has 75 valence electrons. The summed E-state index contributed by atoms with van der Waals surface area (Å²) in [5.41, 5.74) is 1.31. The largest absolute Gasteiger partial charge is 0.0885 e. The van der Waals surface area contributed by atoms with E-state index in [4.69, 9.17) is 0 Å². The van der Waals surface area contributed by atoms with E-state index in [2.05, 4.69) is 37.3 Å². The van der Waals surface area contributed by atoms with Gasteiger partial charge in [-0.25, -0.2) is 0 Å². The van der Waals surface area contributed by atoms with Gasteiger partial charge in [0, 0.05) is 0 Å². The molecule has 14 heavy (non-hydrogen) atoms. The molecule has 0 heterocycles. The molecule has 0 saturated carbocycles. The summed E-state index contributed by atoms with van der Waals surface area (Å²) in [4.78, 5) is 0. The Labute approximate surface area is 87.7 Å². The average Bonchev–Trinajstić information content (AvgIpc) is 2.25. The minimum Gasteiger partial charge on any atom is -0.0885 e. The van der Waals surface area contributed by atoms with E-state index < -0.39 is 0 Å². The maximum Gasteiger partial charge on any atom is -0.0149 e. The van der Waals surface area contributed by atoms with Crippen molar-refractivity contribution in [3.05, 3.63) is 48.0 Å². The lowest BCUT2D eigenvalue weighted by Gasteiger charge is -1.95. The van der Waals surface area contributed by atoms with Crippen molar-refractivity contribution in [2.45, 2.75) is 39.0 Å². The Balaban J connectivity index is 2.12. The number of hydrogen-bond donors (Lipinski definition) is 0. The fourth-order valence-electron chi connectivity index (χ4n) is 1.38. The molecule has 0 unspecified atom stereocenters. The second-order valence-electron chi connectivity index (χ2n) is 3.54. The van der Waals surface area contributed by atoms with E-state index in [9.17, 15) is 0 Å². The lowest BCUT2D eigenvalue weighted by molar-refractivity contribution is 0.811. The van der Waals surface area contributed by atoms with Crippen molar-refractivity contribution < 1.29 is 0 Å². The smallest absolute Gasteiger partial charge is 0.0149 e. The highest BCUT2D eigenvalue weighted by Gasteiger charge is 1.88. The van der Waals surface area contributed by atoms with Crippen LogP contribution in [0.3, 0.4) is 0 Å². The van der Waals surface area contributed by atoms with E-state index in [1.54, 1.807) is 0 Å². The van der Waals surface area contributed by atoms with E-state index in [1.165, 1.54) is 24.8 Å². The van der Waals surface area contributed by atoms with Gasteiger partial charge in [-0.1, -0.05) is 56.2 Å². The van der Waals surface area contributed by atoms with Crippen molar-refractivity contribution in [2.75, 3.05) is 0 Å². The van der Waals surface area contributed by atoms with Crippen molar-refractivity contribution >= 4 is 0 Å². The van der Waals surface area contributed by atoms with E-state index in [-0.39, 0.29) is 0 Å². The Morgan fingerprint density at radius 1 is 1.21 bits per heavy atom. The first kappa shape index (κ1) is 11.0. The van der Waals surface area contributed by atoms with Crippen LogP contribution < -0.4 is 0 Å². The van der Waals surface area contributed by atoms with Crippen molar-refractivity contribution in [3.63, 3.8) is 0 Å². The van der Waals surface area contributed by atoms with Crippen LogP contribution in [0.1, 0.15) is 38.2 Å². The molecule has 0 saturated heterocycles. The molecule has 0 bridgehead atoms. The number of rotatable bonds is 6. The SMILES string of the molecule is CCCCC=CCCc1[c]cccc1. The van der Waals surface area contributed by atoms with Gasteiger partial charge in [-0.15, -0.1) is 0 Å². The molecule has 0 aliphatic rings. The maximum absolute atomic E-state index is 3.24. The molecule has 1 rings (SSSR count). The first-order chi connectivity index (χ1) is 6.93. The number of unbranched alkanes of at least 4 members (excludes halogenated alkanes) is 2. The van der Waals surface area contributed by atoms with Crippen LogP contribution in [0.4, 0.5) is 0 Å². The first-order valence-corrected chi connectivity index (χ1v) is 5.54. The van der Waals surface area contributed by atoms with Gasteiger partial charge >= 0.3 is 0 Å². The molecule has 0 amide bonds. The van der Waals surface area contributed by atoms with Gasteiger partial charge in [-0.3, -0.25) is 0 Å². The zero-order valence-electron chi connectivity index (χ0n) is 9.00. The highest BCUT2D eigenvalue weighted by molar-refractivity contribution is 5.13. The van der Waals surface area contributed by atoms with Crippen LogP contribution in [0.15, 0.2) is 36.4 Å². The first-order valence-electron chi connectivity index (χ1n) is 5.54. The second kappa shape index (κ2) is 7.37. The molecule has 0 nitrogen and oxygen atoms in total. The Hall–Kier alpha value is -1.04. The Morgan fingerprint density at radius 2 is 2.07 bits per heavy atom. The molecular formula is C14H19. The van der Waals surface area contributed by atoms with Gasteiger partial charge in [0.15, 0.2) is 0 Å². The molecule has 1 aromatic carbocycles. The predicted molar refractivity (Wildman–Crippen MR) is 62.3 cm³/mol. The second-order valence-corrected chi connectivity index (χ2v) is 3.54. The van der Waals surface area contributed by atoms with E-state index >= 15 is 0 Å². The predicted octanol–water partition coefficient (Wildman–Crippen LogP) is 4.17. The van der Waals surface area contributed by atoms with Crippen LogP contribution in [0, 0.1) is 6.07 Å². The molecule has 1 radical (unpaired) electrons. The van der Waals surface area contributed by atoms with Gasteiger partial charge in [0.25, 0.3) is 0 Å². The Kier molecular flexibility index (Phi) is 5.81. The molecule has 0 aliphatic carbocycles. The third-order valence-electron chi connectivity index (χ3n) is 2.24. The third kappa shape index (κ3) is 4.86. The summed E-state index contributed by atoms with van der Waals surface area (Å²) in [5.74, 6) is 0. The lowest BCUT2D eigenvalue weighted by atomic mass is 10.1. The summed E-state index contributed by atoms with van der Waals surface area (Å²) in [6.45, 7) is 2.23. The number of hydrogen-bond acceptors (Lipinski definition) is 0. The number of benzene rings is 1. The summed E-state index contributed by atoms with van der Waals surface area (Å²) >= 11 is 0. The molecule has 0 N–H and O–H groups in total. The topological polar surface area (TPSA) is 0 Å². The highest BCUT2D eigenvalue weighted by Crippen LogP contribution is 2.03. The van der Waals surface area contributed by atoms with Crippen molar-refractivity contribution in [3.8, 4) is 0 Å². The number of aryl methyl sites for hydroxylation is 1. The molecule has 0 atom stereocenters. The quantitative estimate of drug-likeness (QED) is 0.463. The van der Waals surface area contributed by atoms with E-state index in [0.717, 1.165) is 12.8 Å². The van der Waals surface area contributed by atoms with Crippen molar-refractivity contribution in [1.82, 2.24) is 0 Å². The van der Waals surface area contributed by atoms with E-state index in [0.29, 0.717) is 0 Å². The summed E-state index contributed by atoms with van der Waals surface area (Å²) in [7, 11) is 0. The Bertz CT molecular complexity index is 246. The van der Waals surface area contributed by atoms with Gasteiger partial charge in [0.05, 0.1) is 0 Å². The van der Waals surface area contributed by atoms with Gasteiger partial charge in [-0.2, -0.15) is 0 Å². The van der Waals surface area contributed by atoms with Crippen LogP contribution in [0.2, 0.25) is 0 Å². The molecule has 0 aliphatic heterocycles. The van der Waals surface area contributed by atoms with Gasteiger partial charge in [0.1, 0.15) is 0 Å². The summed E-state index contributed by atoms with van der Waals surface area (Å²) < 4.78 is 0. The molecule has 1 aromatic rings. The van der Waals surface area contributed by atoms with Gasteiger partial charge in [-0.05, 0) is 30.9 Å². The zero-order chi connectivity index (χ0) is 10.1. The van der Waals surface area contributed by atoms with E-state index in [1.807, 2.05) is 12.1 Å². The minimum absolute atomic E-state index is 1.11. The Morgan fingerprint density at radius 3 is 2.79 bits per heavy atom. The van der Waals surface area contributed by atoms with Crippen LogP contribution in [-0.2, 0) is 6.42 Å². The monoisotopic (exact) mass is 187 g/mol. The normalized spacial score (nSPS) is 10.9. The fraction of sp³-hybridized carbons (Fsp3) is 0.429. The maximum atomic E-state index is 3.24. The standard InChI is InChI=1S/C14H19/c1-2-3-4-5-6-8-11-14-12-9-7-10-13-14/h5-7,9-10,12H,2-4,8,11H2,1H3. The fourth-order valence-corrected chi connectivity index (χ4v) is 1.38. The molecule has 0 aromatic heterocycles. The summed E-state index contributed by atoms with van der Waals surface area (Å²) in [6.07, 6.45) is 10.7. The van der Waals surface area contributed by atoms with Gasteiger partial charge in [0.2, 0.25) is 0 Å². The molecule has 0 heteroatoms. The van der Waals surface area contributed by atoms with Crippen LogP contribution in [0.5, 0.6) is 0 Å². The minimum atomic E-state index is 1.11. The molecule has 0 spiro atoms.